The number of anilines is 1. The highest BCUT2D eigenvalue weighted by molar-refractivity contribution is 7.89. The molecule has 3 aliphatic rings. The number of sulfonamides is 1. The summed E-state index contributed by atoms with van der Waals surface area (Å²) in [6.45, 7) is 13.0. The van der Waals surface area contributed by atoms with E-state index in [0.29, 0.717) is 29.7 Å². The molecule has 17 heteroatoms. The standard InChI is InChI=1S/C37H49N5O11S/c1-34(2,3)52-32(44)38-21-20-37-29-24(18-19-36(7,8)46)11-9-12-27(29)41(30(43)28-13-10-22-39(28)33(45)53-35(4,5)6)31(37)51-23-40(37)54(49,50)26-16-14-25(15-17-26)42(47)48/h9,11-12,14-19,28,31,46H,10,13,20-23H2,1-8H3,(H,38,44)/b19-18+/t28?,31-,37-/m0/s1. The van der Waals surface area contributed by atoms with Crippen LogP contribution in [0.1, 0.15) is 85.8 Å². The first-order valence-corrected chi connectivity index (χ1v) is 19.1. The van der Waals surface area contributed by atoms with Gasteiger partial charge in [0.1, 0.15) is 29.5 Å². The Hall–Kier alpha value is -4.58. The zero-order valence-electron chi connectivity index (χ0n) is 31.8. The van der Waals surface area contributed by atoms with Crippen molar-refractivity contribution in [3.63, 3.8) is 0 Å². The van der Waals surface area contributed by atoms with Crippen LogP contribution in [0.2, 0.25) is 0 Å². The molecule has 2 aromatic carbocycles. The van der Waals surface area contributed by atoms with Crippen LogP contribution in [0.5, 0.6) is 0 Å². The van der Waals surface area contributed by atoms with E-state index in [9.17, 15) is 38.0 Å². The summed E-state index contributed by atoms with van der Waals surface area (Å²) < 4.78 is 48.0. The fourth-order valence-electron chi connectivity index (χ4n) is 6.99. The normalized spacial score (nSPS) is 21.9. The molecule has 2 saturated heterocycles. The van der Waals surface area contributed by atoms with E-state index >= 15 is 0 Å². The number of hydrogen-bond acceptors (Lipinski definition) is 11. The van der Waals surface area contributed by atoms with Crippen LogP contribution in [0, 0.1) is 10.1 Å². The second kappa shape index (κ2) is 14.6. The minimum atomic E-state index is -4.54. The molecule has 0 saturated carbocycles. The third-order valence-electron chi connectivity index (χ3n) is 9.09. The first-order chi connectivity index (χ1) is 25.0. The SMILES string of the molecule is CC(C)(O)/C=C/c1cccc2c1[C@@]1(CCNC(=O)OC(C)(C)C)[C@H](OCN1S(=O)(=O)c1ccc([N+](=O)[O-])cc1)N2C(=O)C1CCCN1C(=O)OC(C)(C)C. The van der Waals surface area contributed by atoms with Gasteiger partial charge in [-0.3, -0.25) is 24.7 Å². The monoisotopic (exact) mass is 771 g/mol. The molecule has 3 heterocycles. The highest BCUT2D eigenvalue weighted by Gasteiger charge is 2.65. The van der Waals surface area contributed by atoms with Crippen molar-refractivity contribution in [1.29, 1.82) is 0 Å². The van der Waals surface area contributed by atoms with Crippen LogP contribution in [0.3, 0.4) is 0 Å². The molecule has 294 valence electrons. The number of fused-ring (bicyclic) bond motifs is 3. The summed E-state index contributed by atoms with van der Waals surface area (Å²) >= 11 is 0. The van der Waals surface area contributed by atoms with Gasteiger partial charge in [0.15, 0.2) is 6.23 Å². The van der Waals surface area contributed by atoms with Crippen LogP contribution in [0.4, 0.5) is 21.0 Å². The number of alkyl carbamates (subject to hydrolysis) is 1. The van der Waals surface area contributed by atoms with Crippen molar-refractivity contribution in [1.82, 2.24) is 14.5 Å². The van der Waals surface area contributed by atoms with Crippen molar-refractivity contribution < 1.29 is 47.0 Å². The Balaban J connectivity index is 1.69. The van der Waals surface area contributed by atoms with Gasteiger partial charge in [-0.05, 0) is 98.4 Å². The molecule has 0 radical (unpaired) electrons. The Kier molecular flexibility index (Phi) is 11.0. The van der Waals surface area contributed by atoms with Crippen LogP contribution in [0.15, 0.2) is 53.4 Å². The highest BCUT2D eigenvalue weighted by Crippen LogP contribution is 2.56. The average Bonchev–Trinajstić information content (AvgIpc) is 3.75. The minimum absolute atomic E-state index is 0.131. The number of ether oxygens (including phenoxy) is 3. The molecule has 5 rings (SSSR count). The van der Waals surface area contributed by atoms with Crippen molar-refractivity contribution in [3.8, 4) is 0 Å². The number of nitro groups is 1. The summed E-state index contributed by atoms with van der Waals surface area (Å²) in [4.78, 5) is 54.4. The van der Waals surface area contributed by atoms with E-state index in [2.05, 4.69) is 5.32 Å². The molecule has 3 aliphatic heterocycles. The number of benzene rings is 2. The van der Waals surface area contributed by atoms with Gasteiger partial charge in [-0.1, -0.05) is 24.3 Å². The maximum absolute atomic E-state index is 14.9. The van der Waals surface area contributed by atoms with E-state index in [1.165, 1.54) is 15.9 Å². The molecule has 16 nitrogen and oxygen atoms in total. The number of nitrogens with zero attached hydrogens (tertiary/aromatic N) is 4. The Bertz CT molecular complexity index is 1930. The van der Waals surface area contributed by atoms with Crippen molar-refractivity contribution in [3.05, 3.63) is 69.8 Å². The zero-order chi connectivity index (χ0) is 40.0. The van der Waals surface area contributed by atoms with Crippen molar-refractivity contribution in [2.24, 2.45) is 0 Å². The number of non-ortho nitro benzene ring substituents is 1. The van der Waals surface area contributed by atoms with Gasteiger partial charge < -0.3 is 24.6 Å². The minimum Gasteiger partial charge on any atom is -0.444 e. The number of carbonyl (C=O) groups excluding carboxylic acids is 3. The fourth-order valence-corrected chi connectivity index (χ4v) is 8.63. The molecular weight excluding hydrogens is 722 g/mol. The summed E-state index contributed by atoms with van der Waals surface area (Å²) in [5.74, 6) is -0.523. The fraction of sp³-hybridized carbons (Fsp3) is 0.541. The maximum atomic E-state index is 14.9. The number of likely N-dealkylation sites (tertiary alicyclic amines) is 1. The lowest BCUT2D eigenvalue weighted by molar-refractivity contribution is -0.384. The van der Waals surface area contributed by atoms with E-state index < -0.39 is 74.4 Å². The van der Waals surface area contributed by atoms with E-state index in [0.717, 1.165) is 28.6 Å². The number of hydrogen-bond donors (Lipinski definition) is 2. The smallest absolute Gasteiger partial charge is 0.410 e. The van der Waals surface area contributed by atoms with E-state index in [-0.39, 0.29) is 30.1 Å². The first-order valence-electron chi connectivity index (χ1n) is 17.7. The van der Waals surface area contributed by atoms with Crippen molar-refractivity contribution >= 4 is 45.6 Å². The van der Waals surface area contributed by atoms with Gasteiger partial charge >= 0.3 is 12.2 Å². The molecule has 54 heavy (non-hydrogen) atoms. The molecule has 0 aromatic heterocycles. The van der Waals surface area contributed by atoms with Gasteiger partial charge in [0.2, 0.25) is 10.0 Å². The second-order valence-corrected chi connectivity index (χ2v) is 18.0. The third-order valence-corrected chi connectivity index (χ3v) is 11.0. The zero-order valence-corrected chi connectivity index (χ0v) is 32.6. The quantitative estimate of drug-likeness (QED) is 0.250. The van der Waals surface area contributed by atoms with Crippen molar-refractivity contribution in [2.75, 3.05) is 24.7 Å². The van der Waals surface area contributed by atoms with Crippen LogP contribution in [0.25, 0.3) is 6.08 Å². The predicted octanol–water partition coefficient (Wildman–Crippen LogP) is 5.24. The van der Waals surface area contributed by atoms with Gasteiger partial charge in [-0.2, -0.15) is 4.31 Å². The second-order valence-electron chi connectivity index (χ2n) is 16.1. The summed E-state index contributed by atoms with van der Waals surface area (Å²) in [5.41, 5.74) is -3.84. The Morgan fingerprint density at radius 1 is 1.04 bits per heavy atom. The van der Waals surface area contributed by atoms with Gasteiger partial charge in [-0.15, -0.1) is 0 Å². The first kappa shape index (κ1) is 40.6. The van der Waals surface area contributed by atoms with Gasteiger partial charge in [0.25, 0.3) is 11.6 Å². The van der Waals surface area contributed by atoms with E-state index in [1.54, 1.807) is 79.7 Å². The molecule has 0 bridgehead atoms. The number of carbonyl (C=O) groups is 3. The Morgan fingerprint density at radius 3 is 2.28 bits per heavy atom. The Morgan fingerprint density at radius 2 is 1.69 bits per heavy atom. The lowest BCUT2D eigenvalue weighted by Gasteiger charge is -2.38. The Labute approximate surface area is 315 Å². The van der Waals surface area contributed by atoms with Gasteiger partial charge in [0, 0.05) is 30.8 Å². The molecule has 3 atom stereocenters. The topological polar surface area (TPSA) is 198 Å². The number of amides is 3. The largest absolute Gasteiger partial charge is 0.444 e. The summed E-state index contributed by atoms with van der Waals surface area (Å²) in [7, 11) is -4.54. The molecule has 2 fully saturated rings. The van der Waals surface area contributed by atoms with Crippen molar-refractivity contribution in [2.45, 2.75) is 114 Å². The van der Waals surface area contributed by atoms with E-state index in [1.807, 2.05) is 0 Å². The van der Waals surface area contributed by atoms with Crippen LogP contribution in [-0.2, 0) is 34.6 Å². The average molecular weight is 772 g/mol. The van der Waals surface area contributed by atoms with Gasteiger partial charge in [-0.25, -0.2) is 18.0 Å². The summed E-state index contributed by atoms with van der Waals surface area (Å²) in [5, 5.41) is 24.8. The highest BCUT2D eigenvalue weighted by atomic mass is 32.2. The molecular formula is C37H49N5O11S. The van der Waals surface area contributed by atoms with Crippen LogP contribution in [-0.4, -0.2) is 94.6 Å². The summed E-state index contributed by atoms with van der Waals surface area (Å²) in [6.07, 6.45) is 1.14. The van der Waals surface area contributed by atoms with Crippen LogP contribution < -0.4 is 10.2 Å². The maximum Gasteiger partial charge on any atom is 0.410 e. The molecule has 0 aliphatic carbocycles. The number of nitrogens with one attached hydrogen (secondary N) is 1. The molecule has 2 N–H and O–H groups in total. The van der Waals surface area contributed by atoms with E-state index in [4.69, 9.17) is 14.2 Å². The molecule has 0 spiro atoms. The molecule has 1 unspecified atom stereocenters. The number of aliphatic hydroxyl groups is 1. The molecule has 3 amide bonds. The lowest BCUT2D eigenvalue weighted by atomic mass is 9.84. The third kappa shape index (κ3) is 8.23. The lowest BCUT2D eigenvalue weighted by Crippen LogP contribution is -2.57. The number of nitro benzene ring substituents is 1. The predicted molar refractivity (Wildman–Crippen MR) is 198 cm³/mol. The number of rotatable bonds is 9. The summed E-state index contributed by atoms with van der Waals surface area (Å²) in [6, 6.07) is 8.51. The van der Waals surface area contributed by atoms with Crippen LogP contribution >= 0.6 is 0 Å². The molecule has 2 aromatic rings. The van der Waals surface area contributed by atoms with Gasteiger partial charge in [0.05, 0.1) is 21.1 Å².